The highest BCUT2D eigenvalue weighted by molar-refractivity contribution is 5.38. The van der Waals surface area contributed by atoms with E-state index in [-0.39, 0.29) is 12.6 Å². The van der Waals surface area contributed by atoms with Gasteiger partial charge in [-0.1, -0.05) is 17.7 Å². The van der Waals surface area contributed by atoms with Crippen LogP contribution in [0.3, 0.4) is 0 Å². The third-order valence-corrected chi connectivity index (χ3v) is 2.41. The van der Waals surface area contributed by atoms with E-state index < -0.39 is 0 Å². The second-order valence-corrected chi connectivity index (χ2v) is 3.62. The summed E-state index contributed by atoms with van der Waals surface area (Å²) in [6.07, 6.45) is 0. The van der Waals surface area contributed by atoms with Gasteiger partial charge in [-0.25, -0.2) is 0 Å². The first-order chi connectivity index (χ1) is 7.19. The number of hydrogen-bond donors (Lipinski definition) is 2. The van der Waals surface area contributed by atoms with Crippen LogP contribution in [-0.4, -0.2) is 25.4 Å². The van der Waals surface area contributed by atoms with Gasteiger partial charge in [-0.05, 0) is 27.0 Å². The molecule has 1 atom stereocenters. The highest BCUT2D eigenvalue weighted by Crippen LogP contribution is 2.25. The lowest BCUT2D eigenvalue weighted by Crippen LogP contribution is -2.14. The first-order valence-corrected chi connectivity index (χ1v) is 5.20. The summed E-state index contributed by atoms with van der Waals surface area (Å²) < 4.78 is 5.47. The molecule has 0 amide bonds. The van der Waals surface area contributed by atoms with Crippen LogP contribution in [-0.2, 0) is 0 Å². The van der Waals surface area contributed by atoms with Crippen molar-refractivity contribution in [2.45, 2.75) is 19.9 Å². The Morgan fingerprint density at radius 3 is 2.80 bits per heavy atom. The molecule has 1 rings (SSSR count). The summed E-state index contributed by atoms with van der Waals surface area (Å²) in [5.41, 5.74) is 2.34. The second-order valence-electron chi connectivity index (χ2n) is 3.62. The van der Waals surface area contributed by atoms with Crippen molar-refractivity contribution in [2.24, 2.45) is 0 Å². The molecule has 0 spiro atoms. The molecule has 1 aromatic carbocycles. The Labute approximate surface area is 91.1 Å². The maximum atomic E-state index is 8.73. The number of nitrogens with one attached hydrogen (secondary N) is 1. The molecule has 3 nitrogen and oxygen atoms in total. The smallest absolute Gasteiger partial charge is 0.124 e. The van der Waals surface area contributed by atoms with E-state index in [1.54, 1.807) is 0 Å². The second kappa shape index (κ2) is 5.73. The van der Waals surface area contributed by atoms with Crippen molar-refractivity contribution in [1.29, 1.82) is 0 Å². The lowest BCUT2D eigenvalue weighted by Gasteiger charge is -2.16. The minimum atomic E-state index is 0.0429. The molecular formula is C12H19NO2. The summed E-state index contributed by atoms with van der Waals surface area (Å²) in [6.45, 7) is 4.52. The average molecular weight is 209 g/mol. The molecule has 0 fully saturated rings. The number of ether oxygens (including phenoxy) is 1. The van der Waals surface area contributed by atoms with Crippen LogP contribution in [0.25, 0.3) is 0 Å². The van der Waals surface area contributed by atoms with Crippen LogP contribution in [0.1, 0.15) is 24.1 Å². The quantitative estimate of drug-likeness (QED) is 0.774. The van der Waals surface area contributed by atoms with E-state index in [2.05, 4.69) is 25.2 Å². The van der Waals surface area contributed by atoms with Gasteiger partial charge < -0.3 is 15.2 Å². The van der Waals surface area contributed by atoms with E-state index in [0.717, 1.165) is 11.3 Å². The van der Waals surface area contributed by atoms with E-state index in [1.165, 1.54) is 5.56 Å². The Bertz CT molecular complexity index is 312. The van der Waals surface area contributed by atoms with Gasteiger partial charge in [0.2, 0.25) is 0 Å². The third-order valence-electron chi connectivity index (χ3n) is 2.41. The molecule has 1 unspecified atom stereocenters. The van der Waals surface area contributed by atoms with Gasteiger partial charge in [0.15, 0.2) is 0 Å². The first-order valence-electron chi connectivity index (χ1n) is 5.20. The topological polar surface area (TPSA) is 41.5 Å². The van der Waals surface area contributed by atoms with Crippen molar-refractivity contribution < 1.29 is 9.84 Å². The molecule has 0 saturated heterocycles. The van der Waals surface area contributed by atoms with E-state index in [1.807, 2.05) is 19.2 Å². The molecule has 0 aliphatic heterocycles. The van der Waals surface area contributed by atoms with E-state index in [0.29, 0.717) is 6.61 Å². The summed E-state index contributed by atoms with van der Waals surface area (Å²) in [5.74, 6) is 0.844. The minimum absolute atomic E-state index is 0.0429. The lowest BCUT2D eigenvalue weighted by atomic mass is 10.0. The predicted molar refractivity (Wildman–Crippen MR) is 61.2 cm³/mol. The molecular weight excluding hydrogens is 190 g/mol. The normalized spacial score (nSPS) is 12.5. The van der Waals surface area contributed by atoms with Crippen LogP contribution in [0.2, 0.25) is 0 Å². The molecule has 15 heavy (non-hydrogen) atoms. The summed E-state index contributed by atoms with van der Waals surface area (Å²) in [4.78, 5) is 0. The molecule has 0 heterocycles. The zero-order valence-corrected chi connectivity index (χ0v) is 9.58. The number of rotatable bonds is 5. The van der Waals surface area contributed by atoms with Crippen LogP contribution < -0.4 is 10.1 Å². The van der Waals surface area contributed by atoms with Crippen molar-refractivity contribution in [3.8, 4) is 5.75 Å². The maximum Gasteiger partial charge on any atom is 0.124 e. The van der Waals surface area contributed by atoms with Gasteiger partial charge in [0.1, 0.15) is 12.4 Å². The van der Waals surface area contributed by atoms with Gasteiger partial charge in [-0.2, -0.15) is 0 Å². The van der Waals surface area contributed by atoms with Gasteiger partial charge in [0, 0.05) is 11.6 Å². The molecule has 84 valence electrons. The zero-order valence-electron chi connectivity index (χ0n) is 9.58. The number of aliphatic hydroxyl groups is 1. The van der Waals surface area contributed by atoms with Crippen molar-refractivity contribution in [3.05, 3.63) is 29.3 Å². The molecule has 1 aromatic rings. The fourth-order valence-electron chi connectivity index (χ4n) is 1.45. The Hall–Kier alpha value is -1.06. The lowest BCUT2D eigenvalue weighted by molar-refractivity contribution is 0.199. The number of aliphatic hydroxyl groups excluding tert-OH is 1. The van der Waals surface area contributed by atoms with Gasteiger partial charge in [-0.15, -0.1) is 0 Å². The molecule has 3 heteroatoms. The maximum absolute atomic E-state index is 8.73. The minimum Gasteiger partial charge on any atom is -0.491 e. The average Bonchev–Trinajstić information content (AvgIpc) is 2.26. The summed E-state index contributed by atoms with van der Waals surface area (Å²) in [5, 5.41) is 11.9. The Kier molecular flexibility index (Phi) is 4.59. The van der Waals surface area contributed by atoms with Gasteiger partial charge in [-0.3, -0.25) is 0 Å². The van der Waals surface area contributed by atoms with Crippen molar-refractivity contribution in [2.75, 3.05) is 20.3 Å². The SMILES string of the molecule is CNC(C)c1cc(C)ccc1OCCO. The van der Waals surface area contributed by atoms with Crippen LogP contribution in [0.5, 0.6) is 5.75 Å². The van der Waals surface area contributed by atoms with E-state index in [9.17, 15) is 0 Å². The molecule has 0 aliphatic carbocycles. The highest BCUT2D eigenvalue weighted by Gasteiger charge is 2.09. The largest absolute Gasteiger partial charge is 0.491 e. The molecule has 0 aromatic heterocycles. The molecule has 0 saturated carbocycles. The predicted octanol–water partition coefficient (Wildman–Crippen LogP) is 1.65. The molecule has 0 bridgehead atoms. The molecule has 0 aliphatic rings. The summed E-state index contributed by atoms with van der Waals surface area (Å²) in [7, 11) is 1.92. The molecule has 0 radical (unpaired) electrons. The Morgan fingerprint density at radius 2 is 2.20 bits per heavy atom. The zero-order chi connectivity index (χ0) is 11.3. The Balaban J connectivity index is 2.92. The molecule has 2 N–H and O–H groups in total. The van der Waals surface area contributed by atoms with E-state index >= 15 is 0 Å². The first kappa shape index (κ1) is 12.0. The monoisotopic (exact) mass is 209 g/mol. The standard InChI is InChI=1S/C12H19NO2/c1-9-4-5-12(15-7-6-14)11(8-9)10(2)13-3/h4-5,8,10,13-14H,6-7H2,1-3H3. The van der Waals surface area contributed by atoms with Crippen LogP contribution in [0.4, 0.5) is 0 Å². The van der Waals surface area contributed by atoms with Gasteiger partial charge in [0.25, 0.3) is 0 Å². The van der Waals surface area contributed by atoms with Crippen molar-refractivity contribution >= 4 is 0 Å². The van der Waals surface area contributed by atoms with Gasteiger partial charge in [0.05, 0.1) is 6.61 Å². The fourth-order valence-corrected chi connectivity index (χ4v) is 1.45. The van der Waals surface area contributed by atoms with E-state index in [4.69, 9.17) is 9.84 Å². The van der Waals surface area contributed by atoms with Crippen LogP contribution in [0.15, 0.2) is 18.2 Å². The summed E-state index contributed by atoms with van der Waals surface area (Å²) >= 11 is 0. The highest BCUT2D eigenvalue weighted by atomic mass is 16.5. The number of benzene rings is 1. The fraction of sp³-hybridized carbons (Fsp3) is 0.500. The third kappa shape index (κ3) is 3.22. The summed E-state index contributed by atoms with van der Waals surface area (Å²) in [6, 6.07) is 6.32. The van der Waals surface area contributed by atoms with Crippen molar-refractivity contribution in [1.82, 2.24) is 5.32 Å². The van der Waals surface area contributed by atoms with Crippen molar-refractivity contribution in [3.63, 3.8) is 0 Å². The van der Waals surface area contributed by atoms with Crippen LogP contribution >= 0.6 is 0 Å². The number of aryl methyl sites for hydroxylation is 1. The van der Waals surface area contributed by atoms with Crippen LogP contribution in [0, 0.1) is 6.92 Å². The Morgan fingerprint density at radius 1 is 1.47 bits per heavy atom. The van der Waals surface area contributed by atoms with Gasteiger partial charge >= 0.3 is 0 Å². The number of hydrogen-bond acceptors (Lipinski definition) is 3.